The average molecular weight is 309 g/mol. The SMILES string of the molecule is CCC(CC)N[C@@H]1Cc2ccccc2C1Oc1ccc(C)cc1. The van der Waals surface area contributed by atoms with E-state index in [9.17, 15) is 0 Å². The third kappa shape index (κ3) is 3.59. The van der Waals surface area contributed by atoms with E-state index in [0.29, 0.717) is 12.1 Å². The summed E-state index contributed by atoms with van der Waals surface area (Å²) in [5, 5.41) is 3.82. The lowest BCUT2D eigenvalue weighted by atomic mass is 10.1. The van der Waals surface area contributed by atoms with Gasteiger partial charge in [0.1, 0.15) is 11.9 Å². The minimum atomic E-state index is 0.0921. The monoisotopic (exact) mass is 309 g/mol. The molecule has 122 valence electrons. The fraction of sp³-hybridized carbons (Fsp3) is 0.429. The lowest BCUT2D eigenvalue weighted by Gasteiger charge is -2.27. The van der Waals surface area contributed by atoms with Gasteiger partial charge in [-0.2, -0.15) is 0 Å². The molecule has 1 aliphatic rings. The van der Waals surface area contributed by atoms with Crippen LogP contribution in [-0.2, 0) is 6.42 Å². The van der Waals surface area contributed by atoms with Crippen molar-refractivity contribution in [2.24, 2.45) is 0 Å². The largest absolute Gasteiger partial charge is 0.484 e. The molecule has 0 spiro atoms. The van der Waals surface area contributed by atoms with Gasteiger partial charge in [0.25, 0.3) is 0 Å². The highest BCUT2D eigenvalue weighted by atomic mass is 16.5. The molecule has 1 unspecified atom stereocenters. The molecule has 0 heterocycles. The minimum Gasteiger partial charge on any atom is -0.484 e. The van der Waals surface area contributed by atoms with Crippen molar-refractivity contribution < 1.29 is 4.74 Å². The maximum absolute atomic E-state index is 6.40. The molecule has 0 amide bonds. The van der Waals surface area contributed by atoms with Crippen LogP contribution in [0.15, 0.2) is 48.5 Å². The van der Waals surface area contributed by atoms with Crippen molar-refractivity contribution in [3.8, 4) is 5.75 Å². The number of nitrogens with one attached hydrogen (secondary N) is 1. The van der Waals surface area contributed by atoms with E-state index in [0.717, 1.165) is 25.0 Å². The molecule has 0 bridgehead atoms. The number of aryl methyl sites for hydroxylation is 1. The third-order valence-corrected chi connectivity index (χ3v) is 4.89. The standard InChI is InChI=1S/C21H27NO/c1-4-17(5-2)22-20-14-16-8-6-7-9-19(16)21(20)23-18-12-10-15(3)11-13-18/h6-13,17,20-22H,4-5,14H2,1-3H3/t20-,21?/m1/s1. The van der Waals surface area contributed by atoms with Crippen LogP contribution in [0.25, 0.3) is 0 Å². The molecule has 2 aromatic carbocycles. The maximum Gasteiger partial charge on any atom is 0.140 e. The van der Waals surface area contributed by atoms with Crippen molar-refractivity contribution >= 4 is 0 Å². The number of hydrogen-bond acceptors (Lipinski definition) is 2. The highest BCUT2D eigenvalue weighted by Gasteiger charge is 2.34. The van der Waals surface area contributed by atoms with Crippen molar-refractivity contribution in [2.45, 2.75) is 58.2 Å². The van der Waals surface area contributed by atoms with Gasteiger partial charge in [-0.05, 0) is 49.4 Å². The second kappa shape index (κ2) is 7.18. The summed E-state index contributed by atoms with van der Waals surface area (Å²) < 4.78 is 6.40. The summed E-state index contributed by atoms with van der Waals surface area (Å²) in [5.41, 5.74) is 4.00. The van der Waals surface area contributed by atoms with Gasteiger partial charge in [0.05, 0.1) is 6.04 Å². The number of hydrogen-bond donors (Lipinski definition) is 1. The van der Waals surface area contributed by atoms with Gasteiger partial charge >= 0.3 is 0 Å². The van der Waals surface area contributed by atoms with Crippen LogP contribution in [0.5, 0.6) is 5.75 Å². The maximum atomic E-state index is 6.40. The van der Waals surface area contributed by atoms with Gasteiger partial charge in [-0.25, -0.2) is 0 Å². The van der Waals surface area contributed by atoms with Crippen LogP contribution in [0.2, 0.25) is 0 Å². The van der Waals surface area contributed by atoms with Crippen molar-refractivity contribution in [2.75, 3.05) is 0 Å². The predicted molar refractivity (Wildman–Crippen MR) is 96.0 cm³/mol. The molecule has 0 saturated carbocycles. The van der Waals surface area contributed by atoms with Gasteiger partial charge in [-0.1, -0.05) is 55.8 Å². The molecule has 23 heavy (non-hydrogen) atoms. The second-order valence-electron chi connectivity index (χ2n) is 6.54. The predicted octanol–water partition coefficient (Wildman–Crippen LogP) is 4.82. The summed E-state index contributed by atoms with van der Waals surface area (Å²) in [5.74, 6) is 0.952. The average Bonchev–Trinajstić information content (AvgIpc) is 2.92. The van der Waals surface area contributed by atoms with Crippen LogP contribution in [0.4, 0.5) is 0 Å². The van der Waals surface area contributed by atoms with Crippen molar-refractivity contribution in [1.82, 2.24) is 5.32 Å². The Bertz CT molecular complexity index is 631. The molecule has 1 N–H and O–H groups in total. The Balaban J connectivity index is 1.83. The molecule has 0 fully saturated rings. The molecule has 0 saturated heterocycles. The Kier molecular flexibility index (Phi) is 5.02. The first kappa shape index (κ1) is 16.1. The molecule has 2 aromatic rings. The number of ether oxygens (including phenoxy) is 1. The van der Waals surface area contributed by atoms with E-state index in [2.05, 4.69) is 74.6 Å². The van der Waals surface area contributed by atoms with Gasteiger partial charge in [0.2, 0.25) is 0 Å². The van der Waals surface area contributed by atoms with Gasteiger partial charge in [-0.3, -0.25) is 0 Å². The van der Waals surface area contributed by atoms with Crippen molar-refractivity contribution in [3.63, 3.8) is 0 Å². The molecule has 2 heteroatoms. The topological polar surface area (TPSA) is 21.3 Å². The van der Waals surface area contributed by atoms with Gasteiger partial charge < -0.3 is 10.1 Å². The second-order valence-corrected chi connectivity index (χ2v) is 6.54. The van der Waals surface area contributed by atoms with E-state index in [1.165, 1.54) is 16.7 Å². The Morgan fingerprint density at radius 2 is 1.74 bits per heavy atom. The lowest BCUT2D eigenvalue weighted by molar-refractivity contribution is 0.158. The molecular weight excluding hydrogens is 282 g/mol. The fourth-order valence-corrected chi connectivity index (χ4v) is 3.44. The smallest absolute Gasteiger partial charge is 0.140 e. The van der Waals surface area contributed by atoms with E-state index in [1.54, 1.807) is 0 Å². The quantitative estimate of drug-likeness (QED) is 0.826. The van der Waals surface area contributed by atoms with Crippen molar-refractivity contribution in [1.29, 1.82) is 0 Å². The summed E-state index contributed by atoms with van der Waals surface area (Å²) in [6.45, 7) is 6.60. The molecule has 2 nitrogen and oxygen atoms in total. The zero-order valence-electron chi connectivity index (χ0n) is 14.4. The van der Waals surface area contributed by atoms with Gasteiger partial charge in [0.15, 0.2) is 0 Å². The van der Waals surface area contributed by atoms with Gasteiger partial charge in [0, 0.05) is 6.04 Å². The molecule has 2 atom stereocenters. The molecule has 0 radical (unpaired) electrons. The molecular formula is C21H27NO. The zero-order chi connectivity index (χ0) is 16.2. The van der Waals surface area contributed by atoms with Crippen LogP contribution in [0.3, 0.4) is 0 Å². The van der Waals surface area contributed by atoms with E-state index < -0.39 is 0 Å². The molecule has 0 aromatic heterocycles. The van der Waals surface area contributed by atoms with Crippen LogP contribution in [0, 0.1) is 6.92 Å². The summed E-state index contributed by atoms with van der Waals surface area (Å²) in [6.07, 6.45) is 3.44. The summed E-state index contributed by atoms with van der Waals surface area (Å²) >= 11 is 0. The minimum absolute atomic E-state index is 0.0921. The van der Waals surface area contributed by atoms with Gasteiger partial charge in [-0.15, -0.1) is 0 Å². The Labute approximate surface area is 139 Å². The van der Waals surface area contributed by atoms with Crippen LogP contribution in [0.1, 0.15) is 49.5 Å². The third-order valence-electron chi connectivity index (χ3n) is 4.89. The number of rotatable bonds is 6. The van der Waals surface area contributed by atoms with Crippen LogP contribution >= 0.6 is 0 Å². The number of fused-ring (bicyclic) bond motifs is 1. The van der Waals surface area contributed by atoms with Crippen molar-refractivity contribution in [3.05, 3.63) is 65.2 Å². The Hall–Kier alpha value is -1.80. The fourth-order valence-electron chi connectivity index (χ4n) is 3.44. The van der Waals surface area contributed by atoms with E-state index in [4.69, 9.17) is 4.74 Å². The molecule has 3 rings (SSSR count). The molecule has 1 aliphatic carbocycles. The number of benzene rings is 2. The summed E-state index contributed by atoms with van der Waals surface area (Å²) in [7, 11) is 0. The summed E-state index contributed by atoms with van der Waals surface area (Å²) in [6, 6.07) is 18.0. The first-order valence-electron chi connectivity index (χ1n) is 8.78. The first-order valence-corrected chi connectivity index (χ1v) is 8.78. The normalized spacial score (nSPS) is 19.8. The lowest BCUT2D eigenvalue weighted by Crippen LogP contribution is -2.41. The van der Waals surface area contributed by atoms with E-state index in [1.807, 2.05) is 0 Å². The van der Waals surface area contributed by atoms with E-state index in [-0.39, 0.29) is 6.10 Å². The first-order chi connectivity index (χ1) is 11.2. The van der Waals surface area contributed by atoms with Crippen LogP contribution < -0.4 is 10.1 Å². The van der Waals surface area contributed by atoms with Crippen LogP contribution in [-0.4, -0.2) is 12.1 Å². The Morgan fingerprint density at radius 1 is 1.04 bits per heavy atom. The zero-order valence-corrected chi connectivity index (χ0v) is 14.4. The van der Waals surface area contributed by atoms with E-state index >= 15 is 0 Å². The molecule has 0 aliphatic heterocycles. The Morgan fingerprint density at radius 3 is 2.43 bits per heavy atom. The highest BCUT2D eigenvalue weighted by Crippen LogP contribution is 2.35. The highest BCUT2D eigenvalue weighted by molar-refractivity contribution is 5.38. The summed E-state index contributed by atoms with van der Waals surface area (Å²) in [4.78, 5) is 0.